The van der Waals surface area contributed by atoms with Gasteiger partial charge in [0.05, 0.1) is 6.54 Å². The van der Waals surface area contributed by atoms with Crippen molar-refractivity contribution in [2.24, 2.45) is 23.2 Å². The number of hydrogen-bond donors (Lipinski definition) is 1. The van der Waals surface area contributed by atoms with Crippen LogP contribution in [-0.2, 0) is 9.59 Å². The second-order valence-electron chi connectivity index (χ2n) is 11.0. The van der Waals surface area contributed by atoms with Crippen LogP contribution < -0.4 is 5.32 Å². The molecule has 1 atom stereocenters. The van der Waals surface area contributed by atoms with Gasteiger partial charge in [-0.3, -0.25) is 14.5 Å². The van der Waals surface area contributed by atoms with E-state index in [2.05, 4.69) is 47.5 Å². The van der Waals surface area contributed by atoms with Gasteiger partial charge in [-0.05, 0) is 68.3 Å². The second-order valence-corrected chi connectivity index (χ2v) is 11.0. The Balaban J connectivity index is 1.12. The maximum absolute atomic E-state index is 13.2. The van der Waals surface area contributed by atoms with Gasteiger partial charge in [-0.2, -0.15) is 0 Å². The van der Waals surface area contributed by atoms with E-state index in [1.807, 2.05) is 4.90 Å². The Morgan fingerprint density at radius 2 is 1.56 bits per heavy atom. The molecule has 174 valence electrons. The highest BCUT2D eigenvalue weighted by Crippen LogP contribution is 2.60. The first kappa shape index (κ1) is 21.9. The third-order valence-corrected chi connectivity index (χ3v) is 8.77. The van der Waals surface area contributed by atoms with E-state index in [4.69, 9.17) is 0 Å². The molecule has 1 aromatic rings. The highest BCUT2D eigenvalue weighted by Gasteiger charge is 2.54. The first-order valence-corrected chi connectivity index (χ1v) is 12.9. The van der Waals surface area contributed by atoms with Gasteiger partial charge in [-0.15, -0.1) is 0 Å². The molecule has 4 aliphatic carbocycles. The molecule has 1 aliphatic heterocycles. The molecule has 1 aromatic carbocycles. The molecule has 5 fully saturated rings. The van der Waals surface area contributed by atoms with Gasteiger partial charge in [0.25, 0.3) is 0 Å². The van der Waals surface area contributed by atoms with Crippen molar-refractivity contribution in [1.82, 2.24) is 15.1 Å². The fourth-order valence-corrected chi connectivity index (χ4v) is 7.64. The Morgan fingerprint density at radius 3 is 2.12 bits per heavy atom. The summed E-state index contributed by atoms with van der Waals surface area (Å²) in [4.78, 5) is 30.5. The summed E-state index contributed by atoms with van der Waals surface area (Å²) >= 11 is 0. The Bertz CT molecular complexity index is 780. The van der Waals surface area contributed by atoms with Crippen LogP contribution in [0.15, 0.2) is 30.3 Å². The first-order valence-electron chi connectivity index (χ1n) is 12.9. The summed E-state index contributed by atoms with van der Waals surface area (Å²) < 4.78 is 0. The molecular formula is C27H39N3O2. The highest BCUT2D eigenvalue weighted by molar-refractivity contribution is 5.88. The molecule has 1 saturated heterocycles. The van der Waals surface area contributed by atoms with Crippen LogP contribution in [0.2, 0.25) is 0 Å². The molecule has 4 bridgehead atoms. The zero-order chi connectivity index (χ0) is 22.1. The van der Waals surface area contributed by atoms with Gasteiger partial charge in [0.1, 0.15) is 0 Å². The van der Waals surface area contributed by atoms with Crippen LogP contribution in [0.25, 0.3) is 0 Å². The number of benzene rings is 1. The van der Waals surface area contributed by atoms with Crippen molar-refractivity contribution in [3.63, 3.8) is 0 Å². The molecule has 1 heterocycles. The lowest BCUT2D eigenvalue weighted by Gasteiger charge is -2.55. The fraction of sp³-hybridized carbons (Fsp3) is 0.704. The maximum atomic E-state index is 13.2. The zero-order valence-corrected chi connectivity index (χ0v) is 19.6. The second kappa shape index (κ2) is 9.17. The number of amides is 2. The molecule has 4 saturated carbocycles. The number of carbonyl (C=O) groups is 2. The van der Waals surface area contributed by atoms with Crippen molar-refractivity contribution in [3.05, 3.63) is 35.9 Å². The van der Waals surface area contributed by atoms with Crippen LogP contribution in [-0.4, -0.2) is 54.3 Å². The molecule has 1 N–H and O–H groups in total. The van der Waals surface area contributed by atoms with E-state index in [0.29, 0.717) is 6.04 Å². The summed E-state index contributed by atoms with van der Waals surface area (Å²) in [5.41, 5.74) is 1.20. The van der Waals surface area contributed by atoms with E-state index in [-0.39, 0.29) is 23.8 Å². The molecule has 6 rings (SSSR count). The lowest BCUT2D eigenvalue weighted by molar-refractivity contribution is -0.148. The molecule has 0 spiro atoms. The predicted molar refractivity (Wildman–Crippen MR) is 126 cm³/mol. The van der Waals surface area contributed by atoms with Gasteiger partial charge in [0.2, 0.25) is 11.8 Å². The smallest absolute Gasteiger partial charge is 0.242 e. The number of nitrogens with one attached hydrogen (secondary N) is 1. The van der Waals surface area contributed by atoms with Crippen molar-refractivity contribution in [2.75, 3.05) is 32.7 Å². The van der Waals surface area contributed by atoms with E-state index in [9.17, 15) is 9.59 Å². The summed E-state index contributed by atoms with van der Waals surface area (Å²) in [6.45, 7) is 5.69. The average molecular weight is 438 g/mol. The number of carbonyl (C=O) groups excluding carboxylic acids is 2. The molecule has 0 aromatic heterocycles. The Kier molecular flexibility index (Phi) is 6.28. The average Bonchev–Trinajstić information content (AvgIpc) is 2.80. The topological polar surface area (TPSA) is 52.6 Å². The van der Waals surface area contributed by atoms with Crippen molar-refractivity contribution in [3.8, 4) is 0 Å². The third kappa shape index (κ3) is 4.33. The maximum Gasteiger partial charge on any atom is 0.242 e. The van der Waals surface area contributed by atoms with Gasteiger partial charge in [0.15, 0.2) is 0 Å². The van der Waals surface area contributed by atoms with E-state index in [1.54, 1.807) is 0 Å². The van der Waals surface area contributed by atoms with E-state index in [0.717, 1.165) is 76.0 Å². The Hall–Kier alpha value is -1.88. The molecule has 5 nitrogen and oxygen atoms in total. The monoisotopic (exact) mass is 437 g/mol. The number of hydrogen-bond acceptors (Lipinski definition) is 3. The molecule has 5 heteroatoms. The van der Waals surface area contributed by atoms with Gasteiger partial charge in [0, 0.05) is 37.6 Å². The van der Waals surface area contributed by atoms with Gasteiger partial charge in [-0.25, -0.2) is 0 Å². The quantitative estimate of drug-likeness (QED) is 0.701. The van der Waals surface area contributed by atoms with Crippen molar-refractivity contribution >= 4 is 11.8 Å². The summed E-state index contributed by atoms with van der Waals surface area (Å²) in [6, 6.07) is 11.2. The third-order valence-electron chi connectivity index (χ3n) is 8.77. The first-order chi connectivity index (χ1) is 15.6. The largest absolute Gasteiger partial charge is 0.347 e. The molecular weight excluding hydrogens is 398 g/mol. The van der Waals surface area contributed by atoms with Gasteiger partial charge >= 0.3 is 0 Å². The molecule has 1 unspecified atom stereocenters. The fourth-order valence-electron chi connectivity index (χ4n) is 7.64. The van der Waals surface area contributed by atoms with Gasteiger partial charge in [-0.1, -0.05) is 43.7 Å². The van der Waals surface area contributed by atoms with Crippen LogP contribution in [0, 0.1) is 23.2 Å². The standard InChI is InChI=1S/C27H39N3O2/c1-2-6-24(23-7-4-3-5-8-23)29-9-11-30(12-10-29)25(31)19-28-26(32)27-16-20-13-21(17-27)15-22(14-20)18-27/h3-5,7-8,20-22,24H,2,6,9-19H2,1H3,(H,28,32). The molecule has 5 aliphatic rings. The Labute approximate surface area is 192 Å². The minimum absolute atomic E-state index is 0.0782. The van der Waals surface area contributed by atoms with Crippen LogP contribution >= 0.6 is 0 Å². The number of piperazine rings is 1. The lowest BCUT2D eigenvalue weighted by atomic mass is 9.49. The highest BCUT2D eigenvalue weighted by atomic mass is 16.2. The van der Waals surface area contributed by atoms with Crippen molar-refractivity contribution < 1.29 is 9.59 Å². The number of nitrogens with zero attached hydrogens (tertiary/aromatic N) is 2. The molecule has 2 amide bonds. The zero-order valence-electron chi connectivity index (χ0n) is 19.6. The summed E-state index contributed by atoms with van der Waals surface area (Å²) in [7, 11) is 0. The van der Waals surface area contributed by atoms with Crippen LogP contribution in [0.3, 0.4) is 0 Å². The Morgan fingerprint density at radius 1 is 0.969 bits per heavy atom. The molecule has 32 heavy (non-hydrogen) atoms. The van der Waals surface area contributed by atoms with Crippen LogP contribution in [0.1, 0.15) is 69.9 Å². The van der Waals surface area contributed by atoms with Crippen molar-refractivity contribution in [2.45, 2.75) is 64.3 Å². The van der Waals surface area contributed by atoms with Gasteiger partial charge < -0.3 is 10.2 Å². The van der Waals surface area contributed by atoms with E-state index < -0.39 is 0 Å². The SMILES string of the molecule is CCCC(c1ccccc1)N1CCN(C(=O)CNC(=O)C23CC4CC(CC(C4)C2)C3)CC1. The predicted octanol–water partition coefficient (Wildman–Crippen LogP) is 4.00. The summed E-state index contributed by atoms with van der Waals surface area (Å²) in [5, 5.41) is 3.07. The normalized spacial score (nSPS) is 32.7. The summed E-state index contributed by atoms with van der Waals surface area (Å²) in [5.74, 6) is 2.48. The van der Waals surface area contributed by atoms with Crippen LogP contribution in [0.5, 0.6) is 0 Å². The number of rotatable bonds is 7. The molecule has 0 radical (unpaired) electrons. The summed E-state index contributed by atoms with van der Waals surface area (Å²) in [6.07, 6.45) is 9.43. The van der Waals surface area contributed by atoms with E-state index >= 15 is 0 Å². The minimum atomic E-state index is -0.170. The van der Waals surface area contributed by atoms with E-state index in [1.165, 1.54) is 24.8 Å². The lowest BCUT2D eigenvalue weighted by Crippen LogP contribution is -2.56. The minimum Gasteiger partial charge on any atom is -0.347 e. The van der Waals surface area contributed by atoms with Crippen LogP contribution in [0.4, 0.5) is 0 Å². The van der Waals surface area contributed by atoms with Crippen molar-refractivity contribution in [1.29, 1.82) is 0 Å².